The summed E-state index contributed by atoms with van der Waals surface area (Å²) < 4.78 is 38.4. The van der Waals surface area contributed by atoms with Crippen molar-refractivity contribution in [3.8, 4) is 22.6 Å². The second-order valence-electron chi connectivity index (χ2n) is 6.94. The number of sulfonamides is 1. The van der Waals surface area contributed by atoms with Crippen LogP contribution in [-0.4, -0.2) is 51.1 Å². The molecule has 1 N–H and O–H groups in total. The second-order valence-corrected chi connectivity index (χ2v) is 8.88. The van der Waals surface area contributed by atoms with Crippen LogP contribution in [-0.2, 0) is 10.0 Å². The van der Waals surface area contributed by atoms with Crippen LogP contribution in [0.25, 0.3) is 11.1 Å². The van der Waals surface area contributed by atoms with Gasteiger partial charge in [-0.05, 0) is 54.3 Å². The molecular weight excluding hydrogens is 394 g/mol. The number of aromatic carboxylic acids is 1. The van der Waals surface area contributed by atoms with Gasteiger partial charge in [0, 0.05) is 13.1 Å². The number of ether oxygens (including phenoxy) is 2. The number of carbonyl (C=O) groups is 1. The number of carboxylic acid groups (broad SMARTS) is 1. The van der Waals surface area contributed by atoms with Crippen LogP contribution < -0.4 is 9.47 Å². The van der Waals surface area contributed by atoms with Gasteiger partial charge in [0.15, 0.2) is 11.5 Å². The minimum atomic E-state index is -3.79. The molecule has 7 nitrogen and oxygen atoms in total. The number of benzene rings is 2. The molecule has 1 heterocycles. The molecule has 0 bridgehead atoms. The summed E-state index contributed by atoms with van der Waals surface area (Å²) >= 11 is 0. The fraction of sp³-hybridized carbons (Fsp3) is 0.381. The molecule has 0 amide bonds. The Morgan fingerprint density at radius 1 is 0.897 bits per heavy atom. The van der Waals surface area contributed by atoms with E-state index in [1.54, 1.807) is 18.2 Å². The van der Waals surface area contributed by atoms with E-state index in [-0.39, 0.29) is 10.5 Å². The predicted octanol–water partition coefficient (Wildman–Crippen LogP) is 3.63. The molecule has 1 aliphatic rings. The van der Waals surface area contributed by atoms with Crippen LogP contribution in [0.15, 0.2) is 41.3 Å². The maximum Gasteiger partial charge on any atom is 0.335 e. The highest BCUT2D eigenvalue weighted by Crippen LogP contribution is 2.34. The SMILES string of the molecule is COc1ccc(-c2cc(C(=O)O)cc(S(=O)(=O)N3CCCCCC3)c2)cc1OC. The Bertz CT molecular complexity index is 994. The van der Waals surface area contributed by atoms with Crippen LogP contribution in [0, 0.1) is 0 Å². The topological polar surface area (TPSA) is 93.1 Å². The van der Waals surface area contributed by atoms with Crippen molar-refractivity contribution in [2.75, 3.05) is 27.3 Å². The zero-order valence-electron chi connectivity index (χ0n) is 16.6. The van der Waals surface area contributed by atoms with Gasteiger partial charge in [-0.1, -0.05) is 18.9 Å². The molecule has 8 heteroatoms. The minimum absolute atomic E-state index is 0.0101. The maximum atomic E-state index is 13.2. The summed E-state index contributed by atoms with van der Waals surface area (Å²) in [6, 6.07) is 9.35. The van der Waals surface area contributed by atoms with Gasteiger partial charge in [0.1, 0.15) is 0 Å². The van der Waals surface area contributed by atoms with Crippen LogP contribution in [0.2, 0.25) is 0 Å². The van der Waals surface area contributed by atoms with Gasteiger partial charge in [-0.3, -0.25) is 0 Å². The molecule has 0 unspecified atom stereocenters. The van der Waals surface area contributed by atoms with Crippen LogP contribution in [0.3, 0.4) is 0 Å². The molecule has 2 aromatic rings. The van der Waals surface area contributed by atoms with E-state index < -0.39 is 16.0 Å². The molecule has 0 aromatic heterocycles. The monoisotopic (exact) mass is 419 g/mol. The van der Waals surface area contributed by atoms with E-state index in [4.69, 9.17) is 9.47 Å². The summed E-state index contributed by atoms with van der Waals surface area (Å²) in [5.41, 5.74) is 1.04. The van der Waals surface area contributed by atoms with Gasteiger partial charge < -0.3 is 14.6 Å². The summed E-state index contributed by atoms with van der Waals surface area (Å²) in [7, 11) is -0.760. The van der Waals surface area contributed by atoms with Crippen molar-refractivity contribution in [2.45, 2.75) is 30.6 Å². The van der Waals surface area contributed by atoms with Crippen molar-refractivity contribution in [1.82, 2.24) is 4.31 Å². The van der Waals surface area contributed by atoms with Crippen LogP contribution in [0.1, 0.15) is 36.0 Å². The first-order valence-corrected chi connectivity index (χ1v) is 10.9. The van der Waals surface area contributed by atoms with E-state index in [2.05, 4.69) is 0 Å². The Morgan fingerprint density at radius 3 is 2.14 bits per heavy atom. The lowest BCUT2D eigenvalue weighted by Gasteiger charge is -2.21. The average molecular weight is 419 g/mol. The van der Waals surface area contributed by atoms with Gasteiger partial charge in [-0.2, -0.15) is 4.31 Å². The highest BCUT2D eigenvalue weighted by molar-refractivity contribution is 7.89. The quantitative estimate of drug-likeness (QED) is 0.768. The van der Waals surface area contributed by atoms with Gasteiger partial charge in [-0.15, -0.1) is 0 Å². The largest absolute Gasteiger partial charge is 0.493 e. The average Bonchev–Trinajstić information content (AvgIpc) is 3.03. The van der Waals surface area contributed by atoms with Crippen LogP contribution in [0.4, 0.5) is 0 Å². The standard InChI is InChI=1S/C21H25NO6S/c1-27-19-8-7-15(14-20(19)28-2)16-11-17(21(23)24)13-18(12-16)29(25,26)22-9-5-3-4-6-10-22/h7-8,11-14H,3-6,9-10H2,1-2H3,(H,23,24). The number of hydrogen-bond acceptors (Lipinski definition) is 5. The molecule has 1 saturated heterocycles. The Hall–Kier alpha value is -2.58. The zero-order chi connectivity index (χ0) is 21.0. The smallest absolute Gasteiger partial charge is 0.335 e. The van der Waals surface area contributed by atoms with Crippen molar-refractivity contribution in [3.63, 3.8) is 0 Å². The predicted molar refractivity (Wildman–Crippen MR) is 109 cm³/mol. The van der Waals surface area contributed by atoms with Crippen LogP contribution >= 0.6 is 0 Å². The molecule has 1 aliphatic heterocycles. The van der Waals surface area contributed by atoms with Gasteiger partial charge >= 0.3 is 5.97 Å². The summed E-state index contributed by atoms with van der Waals surface area (Å²) in [6.07, 6.45) is 3.61. The number of methoxy groups -OCH3 is 2. The van der Waals surface area contributed by atoms with E-state index in [9.17, 15) is 18.3 Å². The highest BCUT2D eigenvalue weighted by atomic mass is 32.2. The van der Waals surface area contributed by atoms with Crippen molar-refractivity contribution < 1.29 is 27.8 Å². The molecule has 2 aromatic carbocycles. The van der Waals surface area contributed by atoms with Gasteiger partial charge in [0.25, 0.3) is 0 Å². The number of rotatable bonds is 6. The van der Waals surface area contributed by atoms with Gasteiger partial charge in [-0.25, -0.2) is 13.2 Å². The summed E-state index contributed by atoms with van der Waals surface area (Å²) in [5.74, 6) is -0.176. The van der Waals surface area contributed by atoms with Crippen molar-refractivity contribution in [2.24, 2.45) is 0 Å². The molecule has 1 fully saturated rings. The third kappa shape index (κ3) is 4.54. The first-order chi connectivity index (χ1) is 13.9. The normalized spacial score (nSPS) is 15.5. The minimum Gasteiger partial charge on any atom is -0.493 e. The fourth-order valence-electron chi connectivity index (χ4n) is 3.49. The summed E-state index contributed by atoms with van der Waals surface area (Å²) in [6.45, 7) is 0.899. The second kappa shape index (κ2) is 8.84. The molecule has 156 valence electrons. The van der Waals surface area contributed by atoms with Crippen molar-refractivity contribution in [1.29, 1.82) is 0 Å². The lowest BCUT2D eigenvalue weighted by Crippen LogP contribution is -2.32. The molecule has 0 radical (unpaired) electrons. The van der Waals surface area contributed by atoms with Gasteiger partial charge in [0.2, 0.25) is 10.0 Å². The third-order valence-electron chi connectivity index (χ3n) is 5.07. The number of carboxylic acids is 1. The molecular formula is C21H25NO6S. The first-order valence-electron chi connectivity index (χ1n) is 9.48. The molecule has 0 atom stereocenters. The first kappa shape index (κ1) is 21.1. The van der Waals surface area contributed by atoms with Crippen LogP contribution in [0.5, 0.6) is 11.5 Å². The fourth-order valence-corrected chi connectivity index (χ4v) is 5.07. The van der Waals surface area contributed by atoms with Crippen molar-refractivity contribution >= 4 is 16.0 Å². The summed E-state index contributed by atoms with van der Waals surface area (Å²) in [4.78, 5) is 11.7. The van der Waals surface area contributed by atoms with Crippen molar-refractivity contribution in [3.05, 3.63) is 42.0 Å². The molecule has 29 heavy (non-hydrogen) atoms. The third-order valence-corrected chi connectivity index (χ3v) is 6.95. The lowest BCUT2D eigenvalue weighted by molar-refractivity contribution is 0.0696. The lowest BCUT2D eigenvalue weighted by atomic mass is 10.0. The van der Waals surface area contributed by atoms with E-state index in [1.807, 2.05) is 0 Å². The highest BCUT2D eigenvalue weighted by Gasteiger charge is 2.27. The Labute approximate surface area is 170 Å². The summed E-state index contributed by atoms with van der Waals surface area (Å²) in [5, 5.41) is 9.53. The number of hydrogen-bond donors (Lipinski definition) is 1. The Balaban J connectivity index is 2.10. The Morgan fingerprint density at radius 2 is 1.55 bits per heavy atom. The zero-order valence-corrected chi connectivity index (χ0v) is 17.4. The van der Waals surface area contributed by atoms with Gasteiger partial charge in [0.05, 0.1) is 24.7 Å². The molecule has 0 aliphatic carbocycles. The molecule has 0 saturated carbocycles. The molecule has 0 spiro atoms. The van der Waals surface area contributed by atoms with E-state index in [0.717, 1.165) is 25.7 Å². The van der Waals surface area contributed by atoms with E-state index >= 15 is 0 Å². The maximum absolute atomic E-state index is 13.2. The van der Waals surface area contributed by atoms with E-state index in [0.29, 0.717) is 35.7 Å². The Kier molecular flexibility index (Phi) is 6.44. The molecule has 3 rings (SSSR count). The van der Waals surface area contributed by atoms with E-state index in [1.165, 1.54) is 36.7 Å². The number of nitrogens with zero attached hydrogens (tertiary/aromatic N) is 1.